The Morgan fingerprint density at radius 1 is 1.22 bits per heavy atom. The molecule has 2 nitrogen and oxygen atoms in total. The molecule has 0 spiro atoms. The van der Waals surface area contributed by atoms with Crippen LogP contribution in [-0.4, -0.2) is 19.2 Å². The lowest BCUT2D eigenvalue weighted by atomic mass is 10.1. The second kappa shape index (κ2) is 7.42. The first-order valence-corrected chi connectivity index (χ1v) is 6.99. The predicted octanol–water partition coefficient (Wildman–Crippen LogP) is 3.71. The molecule has 1 N–H and O–H groups in total. The van der Waals surface area contributed by atoms with E-state index in [4.69, 9.17) is 4.74 Å². The van der Waals surface area contributed by atoms with Gasteiger partial charge in [0.1, 0.15) is 11.9 Å². The molecule has 0 aliphatic heterocycles. The Kier molecular flexibility index (Phi) is 6.20. The summed E-state index contributed by atoms with van der Waals surface area (Å²) >= 11 is 0. The molecule has 2 heteroatoms. The third-order valence-corrected chi connectivity index (χ3v) is 3.14. The maximum atomic E-state index is 6.17. The fourth-order valence-electron chi connectivity index (χ4n) is 1.83. The van der Waals surface area contributed by atoms with Gasteiger partial charge in [-0.3, -0.25) is 0 Å². The SMILES string of the molecule is CCCNCC(Oc1cc(C)ccc1C)C(C)C. The maximum absolute atomic E-state index is 6.17. The zero-order valence-corrected chi connectivity index (χ0v) is 12.4. The Bertz CT molecular complexity index is 360. The molecule has 0 radical (unpaired) electrons. The quantitative estimate of drug-likeness (QED) is 0.744. The van der Waals surface area contributed by atoms with Crippen LogP contribution in [0.4, 0.5) is 0 Å². The normalized spacial score (nSPS) is 12.8. The standard InChI is InChI=1S/C16H27NO/c1-6-9-17-11-16(12(2)3)18-15-10-13(4)7-8-14(15)5/h7-8,10,12,16-17H,6,9,11H2,1-5H3. The molecule has 1 unspecified atom stereocenters. The smallest absolute Gasteiger partial charge is 0.122 e. The highest BCUT2D eigenvalue weighted by molar-refractivity contribution is 5.36. The van der Waals surface area contributed by atoms with Gasteiger partial charge in [-0.1, -0.05) is 32.9 Å². The summed E-state index contributed by atoms with van der Waals surface area (Å²) < 4.78 is 6.17. The highest BCUT2D eigenvalue weighted by atomic mass is 16.5. The van der Waals surface area contributed by atoms with E-state index < -0.39 is 0 Å². The zero-order chi connectivity index (χ0) is 13.5. The Hall–Kier alpha value is -1.02. The Labute approximate surface area is 112 Å². The average molecular weight is 249 g/mol. The molecule has 0 aromatic heterocycles. The summed E-state index contributed by atoms with van der Waals surface area (Å²) in [6.45, 7) is 12.8. The molecular weight excluding hydrogens is 222 g/mol. The van der Waals surface area contributed by atoms with Crippen molar-refractivity contribution >= 4 is 0 Å². The Morgan fingerprint density at radius 2 is 1.94 bits per heavy atom. The number of rotatable bonds is 7. The minimum absolute atomic E-state index is 0.233. The van der Waals surface area contributed by atoms with Crippen LogP contribution in [0, 0.1) is 19.8 Å². The van der Waals surface area contributed by atoms with Gasteiger partial charge in [-0.2, -0.15) is 0 Å². The molecular formula is C16H27NO. The first kappa shape index (κ1) is 15.0. The van der Waals surface area contributed by atoms with E-state index in [1.165, 1.54) is 11.1 Å². The second-order valence-electron chi connectivity index (χ2n) is 5.37. The van der Waals surface area contributed by atoms with E-state index in [2.05, 4.69) is 58.1 Å². The Balaban J connectivity index is 2.67. The van der Waals surface area contributed by atoms with Crippen molar-refractivity contribution in [1.29, 1.82) is 0 Å². The molecule has 0 fully saturated rings. The first-order chi connectivity index (χ1) is 8.54. The lowest BCUT2D eigenvalue weighted by molar-refractivity contribution is 0.148. The summed E-state index contributed by atoms with van der Waals surface area (Å²) in [6, 6.07) is 6.38. The predicted molar refractivity (Wildman–Crippen MR) is 78.3 cm³/mol. The van der Waals surface area contributed by atoms with Crippen LogP contribution in [-0.2, 0) is 0 Å². The summed E-state index contributed by atoms with van der Waals surface area (Å²) in [5.74, 6) is 1.53. The van der Waals surface area contributed by atoms with E-state index in [1.54, 1.807) is 0 Å². The third-order valence-electron chi connectivity index (χ3n) is 3.14. The monoisotopic (exact) mass is 249 g/mol. The molecule has 0 amide bonds. The highest BCUT2D eigenvalue weighted by Crippen LogP contribution is 2.22. The van der Waals surface area contributed by atoms with Gasteiger partial charge in [0.15, 0.2) is 0 Å². The van der Waals surface area contributed by atoms with E-state index in [9.17, 15) is 0 Å². The fourth-order valence-corrected chi connectivity index (χ4v) is 1.83. The summed E-state index contributed by atoms with van der Waals surface area (Å²) in [4.78, 5) is 0. The van der Waals surface area contributed by atoms with Crippen LogP contribution < -0.4 is 10.1 Å². The summed E-state index contributed by atoms with van der Waals surface area (Å²) in [5, 5.41) is 3.45. The van der Waals surface area contributed by atoms with Crippen molar-refractivity contribution in [1.82, 2.24) is 5.32 Å². The van der Waals surface area contributed by atoms with Crippen LogP contribution in [0.25, 0.3) is 0 Å². The maximum Gasteiger partial charge on any atom is 0.122 e. The largest absolute Gasteiger partial charge is 0.489 e. The van der Waals surface area contributed by atoms with Crippen molar-refractivity contribution in [2.45, 2.75) is 47.1 Å². The number of nitrogens with one attached hydrogen (secondary N) is 1. The van der Waals surface area contributed by atoms with E-state index in [0.717, 1.165) is 25.3 Å². The van der Waals surface area contributed by atoms with Crippen LogP contribution in [0.2, 0.25) is 0 Å². The van der Waals surface area contributed by atoms with Crippen LogP contribution in [0.5, 0.6) is 5.75 Å². The van der Waals surface area contributed by atoms with Gasteiger partial charge in [-0.25, -0.2) is 0 Å². The van der Waals surface area contributed by atoms with Gasteiger partial charge in [0, 0.05) is 6.54 Å². The zero-order valence-electron chi connectivity index (χ0n) is 12.4. The number of hydrogen-bond acceptors (Lipinski definition) is 2. The molecule has 0 heterocycles. The van der Waals surface area contributed by atoms with Gasteiger partial charge < -0.3 is 10.1 Å². The lowest BCUT2D eigenvalue weighted by Crippen LogP contribution is -2.35. The third kappa shape index (κ3) is 4.69. The first-order valence-electron chi connectivity index (χ1n) is 6.99. The van der Waals surface area contributed by atoms with Crippen LogP contribution in [0.3, 0.4) is 0 Å². The summed E-state index contributed by atoms with van der Waals surface area (Å²) in [7, 11) is 0. The van der Waals surface area contributed by atoms with Crippen LogP contribution >= 0.6 is 0 Å². The number of hydrogen-bond donors (Lipinski definition) is 1. The molecule has 0 bridgehead atoms. The molecule has 102 valence electrons. The molecule has 1 atom stereocenters. The van der Waals surface area contributed by atoms with E-state index in [-0.39, 0.29) is 6.10 Å². The van der Waals surface area contributed by atoms with E-state index in [1.807, 2.05) is 0 Å². The second-order valence-corrected chi connectivity index (χ2v) is 5.37. The van der Waals surface area contributed by atoms with Gasteiger partial charge in [0.25, 0.3) is 0 Å². The molecule has 1 rings (SSSR count). The Morgan fingerprint density at radius 3 is 2.56 bits per heavy atom. The van der Waals surface area contributed by atoms with E-state index >= 15 is 0 Å². The average Bonchev–Trinajstić information content (AvgIpc) is 2.32. The highest BCUT2D eigenvalue weighted by Gasteiger charge is 2.15. The fraction of sp³-hybridized carbons (Fsp3) is 0.625. The number of benzene rings is 1. The minimum atomic E-state index is 0.233. The van der Waals surface area contributed by atoms with Gasteiger partial charge in [-0.05, 0) is 49.9 Å². The van der Waals surface area contributed by atoms with Crippen molar-refractivity contribution in [3.63, 3.8) is 0 Å². The lowest BCUT2D eigenvalue weighted by Gasteiger charge is -2.24. The van der Waals surface area contributed by atoms with E-state index in [0.29, 0.717) is 5.92 Å². The molecule has 1 aromatic carbocycles. The molecule has 0 saturated carbocycles. The van der Waals surface area contributed by atoms with Crippen molar-refractivity contribution in [3.8, 4) is 5.75 Å². The molecule has 0 saturated heterocycles. The number of aryl methyl sites for hydroxylation is 2. The van der Waals surface area contributed by atoms with Gasteiger partial charge in [0.2, 0.25) is 0 Å². The molecule has 0 aliphatic carbocycles. The van der Waals surface area contributed by atoms with Gasteiger partial charge in [0.05, 0.1) is 0 Å². The summed E-state index contributed by atoms with van der Waals surface area (Å²) in [6.07, 6.45) is 1.39. The van der Waals surface area contributed by atoms with Gasteiger partial charge >= 0.3 is 0 Å². The molecule has 18 heavy (non-hydrogen) atoms. The van der Waals surface area contributed by atoms with Crippen molar-refractivity contribution < 1.29 is 4.74 Å². The van der Waals surface area contributed by atoms with Crippen molar-refractivity contribution in [3.05, 3.63) is 29.3 Å². The van der Waals surface area contributed by atoms with Crippen LogP contribution in [0.15, 0.2) is 18.2 Å². The topological polar surface area (TPSA) is 21.3 Å². The van der Waals surface area contributed by atoms with Gasteiger partial charge in [-0.15, -0.1) is 0 Å². The number of ether oxygens (including phenoxy) is 1. The minimum Gasteiger partial charge on any atom is -0.489 e. The molecule has 1 aromatic rings. The summed E-state index contributed by atoms with van der Waals surface area (Å²) in [5.41, 5.74) is 2.46. The molecule has 0 aliphatic rings. The van der Waals surface area contributed by atoms with Crippen molar-refractivity contribution in [2.75, 3.05) is 13.1 Å². The van der Waals surface area contributed by atoms with Crippen LogP contribution in [0.1, 0.15) is 38.3 Å². The van der Waals surface area contributed by atoms with Crippen molar-refractivity contribution in [2.24, 2.45) is 5.92 Å².